The quantitative estimate of drug-likeness (QED) is 0.901. The molecule has 1 aromatic carbocycles. The maximum atomic E-state index is 12.0. The molecule has 1 aromatic heterocycles. The van der Waals surface area contributed by atoms with Crippen molar-refractivity contribution in [1.82, 2.24) is 10.3 Å². The molecule has 6 heteroatoms. The number of aryl methyl sites for hydroxylation is 2. The second-order valence-electron chi connectivity index (χ2n) is 6.75. The molecule has 0 saturated heterocycles. The fraction of sp³-hybridized carbons (Fsp3) is 0.471. The summed E-state index contributed by atoms with van der Waals surface area (Å²) in [5.74, 6) is -0.205. The Labute approximate surface area is 140 Å². The second-order valence-corrected chi connectivity index (χ2v) is 7.78. The highest BCUT2D eigenvalue weighted by Gasteiger charge is 2.20. The van der Waals surface area contributed by atoms with E-state index in [2.05, 4.69) is 27.8 Å². The van der Waals surface area contributed by atoms with Crippen molar-refractivity contribution in [3.05, 3.63) is 23.3 Å². The van der Waals surface area contributed by atoms with Crippen molar-refractivity contribution < 1.29 is 9.59 Å². The molecule has 2 aromatic rings. The van der Waals surface area contributed by atoms with E-state index in [0.29, 0.717) is 11.7 Å². The number of benzene rings is 1. The van der Waals surface area contributed by atoms with Crippen LogP contribution in [0.3, 0.4) is 0 Å². The van der Waals surface area contributed by atoms with E-state index in [1.165, 1.54) is 16.9 Å². The largest absolute Gasteiger partial charge is 0.355 e. The van der Waals surface area contributed by atoms with Gasteiger partial charge in [0.15, 0.2) is 5.13 Å². The van der Waals surface area contributed by atoms with E-state index in [4.69, 9.17) is 0 Å². The first-order valence-electron chi connectivity index (χ1n) is 7.63. The average Bonchev–Trinajstić information content (AvgIpc) is 2.80. The van der Waals surface area contributed by atoms with E-state index >= 15 is 0 Å². The fourth-order valence-corrected chi connectivity index (χ4v) is 3.22. The average molecular weight is 333 g/mol. The number of rotatable bonds is 4. The third kappa shape index (κ3) is 4.51. The van der Waals surface area contributed by atoms with Crippen LogP contribution in [0.1, 0.15) is 38.3 Å². The summed E-state index contributed by atoms with van der Waals surface area (Å²) in [7, 11) is 0. The van der Waals surface area contributed by atoms with Gasteiger partial charge in [-0.05, 0) is 31.0 Å². The summed E-state index contributed by atoms with van der Waals surface area (Å²) in [5.41, 5.74) is 2.77. The van der Waals surface area contributed by atoms with Gasteiger partial charge in [0.1, 0.15) is 0 Å². The lowest BCUT2D eigenvalue weighted by Crippen LogP contribution is -2.36. The third-order valence-electron chi connectivity index (χ3n) is 3.39. The number of nitrogens with one attached hydrogen (secondary N) is 2. The summed E-state index contributed by atoms with van der Waals surface area (Å²) in [6.07, 6.45) is 0.232. The van der Waals surface area contributed by atoms with E-state index in [1.54, 1.807) is 0 Å². The standard InChI is InChI=1S/C17H23N3O2S/c1-10-8-11(2)14-12(9-10)23-16(20-14)19-13(21)6-7-18-15(22)17(3,4)5/h8-9H,6-7H2,1-5H3,(H,18,22)(H,19,20,21). The number of carbonyl (C=O) groups is 2. The maximum Gasteiger partial charge on any atom is 0.227 e. The van der Waals surface area contributed by atoms with E-state index in [-0.39, 0.29) is 18.2 Å². The zero-order valence-electron chi connectivity index (χ0n) is 14.2. The molecule has 0 atom stereocenters. The number of nitrogens with zero attached hydrogens (tertiary/aromatic N) is 1. The van der Waals surface area contributed by atoms with Crippen LogP contribution in [-0.4, -0.2) is 23.3 Å². The van der Waals surface area contributed by atoms with Crippen LogP contribution in [0.25, 0.3) is 10.2 Å². The highest BCUT2D eigenvalue weighted by Crippen LogP contribution is 2.29. The lowest BCUT2D eigenvalue weighted by molar-refractivity contribution is -0.128. The number of hydrogen-bond donors (Lipinski definition) is 2. The Morgan fingerprint density at radius 3 is 2.57 bits per heavy atom. The fourth-order valence-electron chi connectivity index (χ4n) is 2.16. The Hall–Kier alpha value is -1.95. The minimum Gasteiger partial charge on any atom is -0.355 e. The van der Waals surface area contributed by atoms with Crippen LogP contribution in [-0.2, 0) is 9.59 Å². The SMILES string of the molecule is Cc1cc(C)c2nc(NC(=O)CCNC(=O)C(C)(C)C)sc2c1. The first kappa shape index (κ1) is 17.4. The highest BCUT2D eigenvalue weighted by molar-refractivity contribution is 7.22. The van der Waals surface area contributed by atoms with E-state index in [0.717, 1.165) is 15.8 Å². The summed E-state index contributed by atoms with van der Waals surface area (Å²) in [6, 6.07) is 4.15. The second kappa shape index (κ2) is 6.66. The molecule has 0 radical (unpaired) electrons. The molecule has 1 heterocycles. The van der Waals surface area contributed by atoms with Gasteiger partial charge >= 0.3 is 0 Å². The zero-order chi connectivity index (χ0) is 17.2. The van der Waals surface area contributed by atoms with Crippen LogP contribution in [0.5, 0.6) is 0 Å². The number of anilines is 1. The number of fused-ring (bicyclic) bond motifs is 1. The predicted molar refractivity (Wildman–Crippen MR) is 94.8 cm³/mol. The van der Waals surface area contributed by atoms with Crippen molar-refractivity contribution in [1.29, 1.82) is 0 Å². The molecular weight excluding hydrogens is 310 g/mol. The molecule has 5 nitrogen and oxygen atoms in total. The zero-order valence-corrected chi connectivity index (χ0v) is 15.1. The van der Waals surface area contributed by atoms with Crippen LogP contribution in [0.4, 0.5) is 5.13 Å². The molecule has 0 spiro atoms. The van der Waals surface area contributed by atoms with Crippen LogP contribution >= 0.6 is 11.3 Å². The van der Waals surface area contributed by atoms with E-state index in [9.17, 15) is 9.59 Å². The maximum absolute atomic E-state index is 12.0. The molecule has 2 rings (SSSR count). The van der Waals surface area contributed by atoms with Crippen molar-refractivity contribution in [2.24, 2.45) is 5.41 Å². The molecular formula is C17H23N3O2S. The molecule has 124 valence electrons. The number of aromatic nitrogens is 1. The van der Waals surface area contributed by atoms with Crippen molar-refractivity contribution >= 4 is 38.5 Å². The molecule has 0 saturated carbocycles. The van der Waals surface area contributed by atoms with Crippen molar-refractivity contribution in [2.45, 2.75) is 41.0 Å². The monoisotopic (exact) mass is 333 g/mol. The number of thiazole rings is 1. The number of amides is 2. The summed E-state index contributed by atoms with van der Waals surface area (Å²) >= 11 is 1.47. The van der Waals surface area contributed by atoms with Gasteiger partial charge in [0, 0.05) is 18.4 Å². The first-order valence-corrected chi connectivity index (χ1v) is 8.44. The number of carbonyl (C=O) groups excluding carboxylic acids is 2. The Bertz CT molecular complexity index is 744. The lowest BCUT2D eigenvalue weighted by atomic mass is 9.96. The van der Waals surface area contributed by atoms with Crippen molar-refractivity contribution in [2.75, 3.05) is 11.9 Å². The molecule has 0 aliphatic carbocycles. The number of hydrogen-bond acceptors (Lipinski definition) is 4. The topological polar surface area (TPSA) is 71.1 Å². The molecule has 0 unspecified atom stereocenters. The third-order valence-corrected chi connectivity index (χ3v) is 4.31. The Morgan fingerprint density at radius 1 is 1.22 bits per heavy atom. The summed E-state index contributed by atoms with van der Waals surface area (Å²) in [6.45, 7) is 9.91. The van der Waals surface area contributed by atoms with Gasteiger partial charge in [-0.25, -0.2) is 4.98 Å². The predicted octanol–water partition coefficient (Wildman–Crippen LogP) is 3.40. The molecule has 2 amide bonds. The van der Waals surface area contributed by atoms with E-state index < -0.39 is 5.41 Å². The van der Waals surface area contributed by atoms with Gasteiger partial charge in [-0.1, -0.05) is 38.2 Å². The molecule has 0 aliphatic rings. The van der Waals surface area contributed by atoms with Crippen LogP contribution in [0.15, 0.2) is 12.1 Å². The Morgan fingerprint density at radius 2 is 1.91 bits per heavy atom. The summed E-state index contributed by atoms with van der Waals surface area (Å²) in [5, 5.41) is 6.17. The van der Waals surface area contributed by atoms with Gasteiger partial charge in [0.2, 0.25) is 11.8 Å². The normalized spacial score (nSPS) is 11.5. The van der Waals surface area contributed by atoms with Gasteiger partial charge in [-0.2, -0.15) is 0 Å². The Kier molecular flexibility index (Phi) is 5.04. The van der Waals surface area contributed by atoms with E-state index in [1.807, 2.05) is 34.6 Å². The van der Waals surface area contributed by atoms with Crippen LogP contribution < -0.4 is 10.6 Å². The molecule has 0 fully saturated rings. The van der Waals surface area contributed by atoms with Gasteiger partial charge in [-0.3, -0.25) is 9.59 Å². The van der Waals surface area contributed by atoms with Crippen molar-refractivity contribution in [3.63, 3.8) is 0 Å². The van der Waals surface area contributed by atoms with Crippen LogP contribution in [0.2, 0.25) is 0 Å². The molecule has 0 aliphatic heterocycles. The smallest absolute Gasteiger partial charge is 0.227 e. The van der Waals surface area contributed by atoms with Gasteiger partial charge in [0.25, 0.3) is 0 Å². The van der Waals surface area contributed by atoms with Crippen LogP contribution in [0, 0.1) is 19.3 Å². The van der Waals surface area contributed by atoms with Gasteiger partial charge in [0.05, 0.1) is 10.2 Å². The first-order chi connectivity index (χ1) is 10.7. The van der Waals surface area contributed by atoms with Gasteiger partial charge < -0.3 is 10.6 Å². The minimum absolute atomic E-state index is 0.0589. The van der Waals surface area contributed by atoms with Gasteiger partial charge in [-0.15, -0.1) is 0 Å². The molecule has 0 bridgehead atoms. The highest BCUT2D eigenvalue weighted by atomic mass is 32.1. The lowest BCUT2D eigenvalue weighted by Gasteiger charge is -2.17. The summed E-state index contributed by atoms with van der Waals surface area (Å²) in [4.78, 5) is 28.2. The summed E-state index contributed by atoms with van der Waals surface area (Å²) < 4.78 is 1.07. The van der Waals surface area contributed by atoms with Crippen molar-refractivity contribution in [3.8, 4) is 0 Å². The molecule has 23 heavy (non-hydrogen) atoms. The minimum atomic E-state index is -0.446. The Balaban J connectivity index is 1.93. The molecule has 2 N–H and O–H groups in total.